The van der Waals surface area contributed by atoms with Crippen LogP contribution >= 0.6 is 0 Å². The zero-order valence-electron chi connectivity index (χ0n) is 7.04. The van der Waals surface area contributed by atoms with Gasteiger partial charge >= 0.3 is 0 Å². The molecule has 5 heteroatoms. The van der Waals surface area contributed by atoms with Gasteiger partial charge in [-0.15, -0.1) is 0 Å². The largest absolute Gasteiger partial charge is 0.384 e. The fraction of sp³-hybridized carbons (Fsp3) is 0.250. The van der Waals surface area contributed by atoms with E-state index in [9.17, 15) is 4.21 Å². The van der Waals surface area contributed by atoms with Gasteiger partial charge in [0.25, 0.3) is 0 Å². The van der Waals surface area contributed by atoms with E-state index < -0.39 is 9.92 Å². The van der Waals surface area contributed by atoms with Crippen molar-refractivity contribution in [2.75, 3.05) is 11.9 Å². The quantitative estimate of drug-likeness (QED) is 0.626. The van der Waals surface area contributed by atoms with Crippen molar-refractivity contribution in [1.82, 2.24) is 0 Å². The van der Waals surface area contributed by atoms with Gasteiger partial charge in [-0.25, -0.2) is 14.1 Å². The molecule has 0 aromatic heterocycles. The lowest BCUT2D eigenvalue weighted by atomic mass is 10.2. The molecule has 0 saturated heterocycles. The molecule has 1 aliphatic rings. The summed E-state index contributed by atoms with van der Waals surface area (Å²) in [6.07, 6.45) is 0.985. The molecule has 4 N–H and O–H groups in total. The van der Waals surface area contributed by atoms with E-state index in [1.807, 2.05) is 6.07 Å². The Bertz CT molecular complexity index is 439. The van der Waals surface area contributed by atoms with Crippen LogP contribution in [0.15, 0.2) is 23.1 Å². The molecule has 1 atom stereocenters. The summed E-state index contributed by atoms with van der Waals surface area (Å²) in [5.74, 6) is 0. The fourth-order valence-electron chi connectivity index (χ4n) is 1.46. The molecule has 0 fully saturated rings. The van der Waals surface area contributed by atoms with Gasteiger partial charge < -0.3 is 5.32 Å². The molecule has 0 bridgehead atoms. The van der Waals surface area contributed by atoms with Crippen LogP contribution in [-0.2, 0) is 16.3 Å². The Morgan fingerprint density at radius 1 is 1.54 bits per heavy atom. The van der Waals surface area contributed by atoms with Gasteiger partial charge in [0, 0.05) is 12.2 Å². The Balaban J connectivity index is 2.54. The van der Waals surface area contributed by atoms with Crippen molar-refractivity contribution in [2.24, 2.45) is 5.14 Å². The summed E-state index contributed by atoms with van der Waals surface area (Å²) in [5, 5.41) is 8.37. The highest BCUT2D eigenvalue weighted by Gasteiger charge is 2.12. The van der Waals surface area contributed by atoms with Crippen LogP contribution in [-0.4, -0.2) is 10.8 Å². The van der Waals surface area contributed by atoms with Gasteiger partial charge in [0.1, 0.15) is 9.92 Å². The number of hydrogen-bond acceptors (Lipinski definition) is 3. The molecule has 0 aliphatic carbocycles. The second-order valence-electron chi connectivity index (χ2n) is 3.10. The first-order valence-corrected chi connectivity index (χ1v) is 5.63. The highest BCUT2D eigenvalue weighted by atomic mass is 32.2. The smallest absolute Gasteiger partial charge is 0.132 e. The third-order valence-corrected chi connectivity index (χ3v) is 3.10. The average molecular weight is 197 g/mol. The summed E-state index contributed by atoms with van der Waals surface area (Å²) in [4.78, 5) is 0.389. The molecular formula is C8H11N3OS. The normalized spacial score (nSPS) is 18.8. The summed E-state index contributed by atoms with van der Waals surface area (Å²) in [7, 11) is -3.06. The molecule has 4 nitrogen and oxygen atoms in total. The zero-order chi connectivity index (χ0) is 9.47. The third-order valence-electron chi connectivity index (χ3n) is 2.14. The second kappa shape index (κ2) is 2.71. The SMILES string of the molecule is N=S(N)(=O)c1ccc2c(c1)NCC2. The van der Waals surface area contributed by atoms with Gasteiger partial charge in [-0.2, -0.15) is 0 Å². The number of hydrogen-bond donors (Lipinski definition) is 3. The van der Waals surface area contributed by atoms with Crippen molar-refractivity contribution < 1.29 is 4.21 Å². The van der Waals surface area contributed by atoms with Gasteiger partial charge in [-0.3, -0.25) is 0 Å². The molecule has 1 unspecified atom stereocenters. The number of nitrogens with two attached hydrogens (primary N) is 1. The van der Waals surface area contributed by atoms with E-state index in [-0.39, 0.29) is 0 Å². The summed E-state index contributed by atoms with van der Waals surface area (Å²) in [6.45, 7) is 0.905. The Morgan fingerprint density at radius 3 is 3.00 bits per heavy atom. The minimum atomic E-state index is -3.06. The average Bonchev–Trinajstić information content (AvgIpc) is 2.47. The van der Waals surface area contributed by atoms with E-state index in [1.165, 1.54) is 5.56 Å². The molecule has 0 saturated carbocycles. The fourth-order valence-corrected chi connectivity index (χ4v) is 2.02. The van der Waals surface area contributed by atoms with Crippen molar-refractivity contribution >= 4 is 15.6 Å². The first kappa shape index (κ1) is 8.52. The Hall–Kier alpha value is -1.07. The van der Waals surface area contributed by atoms with E-state index in [0.29, 0.717) is 4.90 Å². The lowest BCUT2D eigenvalue weighted by molar-refractivity contribution is 0.676. The van der Waals surface area contributed by atoms with E-state index >= 15 is 0 Å². The first-order chi connectivity index (χ1) is 6.07. The van der Waals surface area contributed by atoms with Crippen LogP contribution in [0.2, 0.25) is 0 Å². The molecule has 2 rings (SSSR count). The predicted molar refractivity (Wildman–Crippen MR) is 52.0 cm³/mol. The van der Waals surface area contributed by atoms with Crippen molar-refractivity contribution in [3.63, 3.8) is 0 Å². The molecule has 1 aliphatic heterocycles. The number of nitrogens with one attached hydrogen (secondary N) is 2. The van der Waals surface area contributed by atoms with Crippen LogP contribution in [0.5, 0.6) is 0 Å². The molecule has 1 aromatic rings. The minimum Gasteiger partial charge on any atom is -0.384 e. The molecular weight excluding hydrogens is 186 g/mol. The zero-order valence-corrected chi connectivity index (χ0v) is 7.86. The number of fused-ring (bicyclic) bond motifs is 1. The molecule has 13 heavy (non-hydrogen) atoms. The lowest BCUT2D eigenvalue weighted by Gasteiger charge is -2.04. The molecule has 0 radical (unpaired) electrons. The summed E-state index contributed by atoms with van der Waals surface area (Å²) in [6, 6.07) is 5.25. The summed E-state index contributed by atoms with van der Waals surface area (Å²) in [5.41, 5.74) is 2.16. The van der Waals surface area contributed by atoms with Gasteiger partial charge in [0.2, 0.25) is 0 Å². The van der Waals surface area contributed by atoms with Crippen LogP contribution in [0, 0.1) is 4.78 Å². The standard InChI is InChI=1S/C8H11N3OS/c9-13(10,12)7-2-1-6-3-4-11-8(6)5-7/h1-2,5,11H,3-4H2,(H3,9,10,12). The van der Waals surface area contributed by atoms with Gasteiger partial charge in [0.05, 0.1) is 4.90 Å². The predicted octanol–water partition coefficient (Wildman–Crippen LogP) is 0.934. The molecule has 70 valence electrons. The first-order valence-electron chi connectivity index (χ1n) is 4.01. The lowest BCUT2D eigenvalue weighted by Crippen LogP contribution is -2.10. The summed E-state index contributed by atoms with van der Waals surface area (Å²) < 4.78 is 18.4. The van der Waals surface area contributed by atoms with Crippen LogP contribution in [0.4, 0.5) is 5.69 Å². The van der Waals surface area contributed by atoms with Crippen molar-refractivity contribution in [2.45, 2.75) is 11.3 Å². The van der Waals surface area contributed by atoms with Crippen LogP contribution in [0.1, 0.15) is 5.56 Å². The van der Waals surface area contributed by atoms with Crippen LogP contribution in [0.25, 0.3) is 0 Å². The Kier molecular flexibility index (Phi) is 1.78. The Labute approximate surface area is 77.2 Å². The van der Waals surface area contributed by atoms with Crippen molar-refractivity contribution in [1.29, 1.82) is 4.78 Å². The molecule has 0 amide bonds. The maximum atomic E-state index is 11.2. The minimum absolute atomic E-state index is 0.389. The van der Waals surface area contributed by atoms with E-state index in [1.54, 1.807) is 12.1 Å². The van der Waals surface area contributed by atoms with Crippen LogP contribution in [0.3, 0.4) is 0 Å². The number of benzene rings is 1. The van der Waals surface area contributed by atoms with Gasteiger partial charge in [-0.05, 0) is 24.1 Å². The highest BCUT2D eigenvalue weighted by molar-refractivity contribution is 7.90. The molecule has 1 heterocycles. The topological polar surface area (TPSA) is 79.0 Å². The number of rotatable bonds is 1. The van der Waals surface area contributed by atoms with Crippen molar-refractivity contribution in [3.05, 3.63) is 23.8 Å². The van der Waals surface area contributed by atoms with Gasteiger partial charge in [-0.1, -0.05) is 6.07 Å². The maximum Gasteiger partial charge on any atom is 0.132 e. The van der Waals surface area contributed by atoms with E-state index in [2.05, 4.69) is 5.32 Å². The van der Waals surface area contributed by atoms with Crippen LogP contribution < -0.4 is 10.5 Å². The second-order valence-corrected chi connectivity index (χ2v) is 4.77. The maximum absolute atomic E-state index is 11.2. The molecule has 0 spiro atoms. The highest BCUT2D eigenvalue weighted by Crippen LogP contribution is 2.24. The molecule has 1 aromatic carbocycles. The third kappa shape index (κ3) is 1.52. The van der Waals surface area contributed by atoms with Crippen molar-refractivity contribution in [3.8, 4) is 0 Å². The monoisotopic (exact) mass is 197 g/mol. The number of anilines is 1. The summed E-state index contributed by atoms with van der Waals surface area (Å²) >= 11 is 0. The Morgan fingerprint density at radius 2 is 2.31 bits per heavy atom. The van der Waals surface area contributed by atoms with E-state index in [4.69, 9.17) is 9.92 Å². The van der Waals surface area contributed by atoms with E-state index in [0.717, 1.165) is 18.7 Å². The van der Waals surface area contributed by atoms with Gasteiger partial charge in [0.15, 0.2) is 0 Å².